The number of benzene rings is 3. The summed E-state index contributed by atoms with van der Waals surface area (Å²) in [6.45, 7) is 5.12. The molecule has 8 nitrogen and oxygen atoms in total. The lowest BCUT2D eigenvalue weighted by atomic mass is 9.83. The normalized spacial score (nSPS) is 19.2. The van der Waals surface area contributed by atoms with Crippen LogP contribution in [0.2, 0.25) is 0 Å². The Hall–Kier alpha value is -4.36. The van der Waals surface area contributed by atoms with Crippen LogP contribution in [0.15, 0.2) is 88.7 Å². The fraction of sp³-hybridized carbons (Fsp3) is 0.273. The summed E-state index contributed by atoms with van der Waals surface area (Å²) in [5.74, 6) is -3.13. The number of rotatable bonds is 8. The minimum Gasteiger partial charge on any atom is -0.372 e. The molecule has 3 atom stereocenters. The zero-order valence-corrected chi connectivity index (χ0v) is 26.4. The van der Waals surface area contributed by atoms with E-state index in [1.54, 1.807) is 30.3 Å². The van der Waals surface area contributed by atoms with Crippen molar-refractivity contribution in [3.8, 4) is 0 Å². The van der Waals surface area contributed by atoms with Gasteiger partial charge in [0.25, 0.3) is 0 Å². The van der Waals surface area contributed by atoms with Gasteiger partial charge in [0.1, 0.15) is 11.8 Å². The van der Waals surface area contributed by atoms with Crippen LogP contribution < -0.4 is 20.0 Å². The number of carbonyl (C=O) groups is 3. The summed E-state index contributed by atoms with van der Waals surface area (Å²) in [4.78, 5) is 57.8. The average Bonchev–Trinajstić information content (AvgIpc) is 3.48. The van der Waals surface area contributed by atoms with Crippen LogP contribution in [0.1, 0.15) is 35.8 Å². The summed E-state index contributed by atoms with van der Waals surface area (Å²) in [5, 5.41) is 1.76. The maximum atomic E-state index is 14.0. The SMILES string of the molecule is CCN(CC)c1ccc([C@@H]2c3sc(=O)n(CC(=O)Nc4ccccc4C(F)(F)F)c3S[C@H]3C(=O)N(c4ccccc4)C(=O)[C@@H]23)cc1. The number of carbonyl (C=O) groups excluding carboxylic acids is 3. The number of alkyl halides is 3. The summed E-state index contributed by atoms with van der Waals surface area (Å²) in [7, 11) is 0. The fourth-order valence-corrected chi connectivity index (χ4v) is 8.87. The van der Waals surface area contributed by atoms with Gasteiger partial charge in [0, 0.05) is 29.6 Å². The zero-order valence-electron chi connectivity index (χ0n) is 24.8. The van der Waals surface area contributed by atoms with E-state index in [1.165, 1.54) is 21.6 Å². The van der Waals surface area contributed by atoms with Gasteiger partial charge in [0.05, 0.1) is 27.9 Å². The molecule has 0 saturated carbocycles. The molecule has 3 aromatic carbocycles. The number of fused-ring (bicyclic) bond motifs is 2. The van der Waals surface area contributed by atoms with E-state index < -0.39 is 57.7 Å². The van der Waals surface area contributed by atoms with Gasteiger partial charge in [-0.2, -0.15) is 13.2 Å². The molecule has 238 valence electrons. The molecule has 1 aromatic heterocycles. The maximum Gasteiger partial charge on any atom is 0.418 e. The third-order valence-electron chi connectivity index (χ3n) is 8.25. The number of nitrogens with zero attached hydrogens (tertiary/aromatic N) is 3. The molecule has 1 saturated heterocycles. The van der Waals surface area contributed by atoms with E-state index in [9.17, 15) is 32.3 Å². The van der Waals surface area contributed by atoms with Crippen LogP contribution in [0.5, 0.6) is 0 Å². The van der Waals surface area contributed by atoms with Crippen molar-refractivity contribution >= 4 is 57.9 Å². The first-order chi connectivity index (χ1) is 22.0. The van der Waals surface area contributed by atoms with Crippen LogP contribution in [-0.4, -0.2) is 40.6 Å². The fourth-order valence-electron chi connectivity index (χ4n) is 6.10. The lowest BCUT2D eigenvalue weighted by Crippen LogP contribution is -2.33. The van der Waals surface area contributed by atoms with Gasteiger partial charge in [0.15, 0.2) is 0 Å². The molecule has 0 radical (unpaired) electrons. The molecule has 46 heavy (non-hydrogen) atoms. The van der Waals surface area contributed by atoms with Crippen molar-refractivity contribution in [2.75, 3.05) is 28.2 Å². The third-order valence-corrected chi connectivity index (χ3v) is 10.9. The van der Waals surface area contributed by atoms with Crippen molar-refractivity contribution in [2.24, 2.45) is 5.92 Å². The standard InChI is InChI=1S/C33H29F3N4O4S2/c1-3-38(4-2)20-16-14-19(15-17-20)25-26-27(30(43)40(29(26)42)21-10-6-5-7-11-21)45-31-28(25)46-32(44)39(31)18-24(41)37-23-13-9-8-12-22(23)33(34,35)36/h5-17,25-27H,3-4,18H2,1-2H3,(H,37,41)/t25-,26-,27+/m0/s1. The number of imide groups is 1. The maximum absolute atomic E-state index is 14.0. The Morgan fingerprint density at radius 2 is 1.54 bits per heavy atom. The number of para-hydroxylation sites is 2. The smallest absolute Gasteiger partial charge is 0.372 e. The number of anilines is 3. The van der Waals surface area contributed by atoms with Crippen molar-refractivity contribution in [1.29, 1.82) is 0 Å². The van der Waals surface area contributed by atoms with Crippen molar-refractivity contribution in [2.45, 2.75) is 42.8 Å². The summed E-state index contributed by atoms with van der Waals surface area (Å²) >= 11 is 1.93. The second-order valence-electron chi connectivity index (χ2n) is 10.9. The average molecular weight is 667 g/mol. The number of nitrogens with one attached hydrogen (secondary N) is 1. The van der Waals surface area contributed by atoms with Crippen LogP contribution in [0.25, 0.3) is 0 Å². The topological polar surface area (TPSA) is 91.7 Å². The van der Waals surface area contributed by atoms with E-state index in [1.807, 2.05) is 38.1 Å². The highest BCUT2D eigenvalue weighted by atomic mass is 32.2. The molecule has 2 aliphatic rings. The van der Waals surface area contributed by atoms with Crippen LogP contribution >= 0.6 is 23.1 Å². The highest BCUT2D eigenvalue weighted by molar-refractivity contribution is 8.00. The van der Waals surface area contributed by atoms with E-state index >= 15 is 0 Å². The van der Waals surface area contributed by atoms with Gasteiger partial charge in [-0.1, -0.05) is 65.6 Å². The van der Waals surface area contributed by atoms with E-state index in [0.717, 1.165) is 59.6 Å². The molecule has 1 N–H and O–H groups in total. The second-order valence-corrected chi connectivity index (χ2v) is 13.0. The summed E-state index contributed by atoms with van der Waals surface area (Å²) in [6, 6.07) is 20.9. The molecule has 3 amide bonds. The van der Waals surface area contributed by atoms with Crippen LogP contribution in [-0.2, 0) is 27.1 Å². The van der Waals surface area contributed by atoms with Gasteiger partial charge in [-0.05, 0) is 55.8 Å². The first-order valence-electron chi connectivity index (χ1n) is 14.7. The van der Waals surface area contributed by atoms with Gasteiger partial charge in [0.2, 0.25) is 17.7 Å². The molecule has 0 aliphatic carbocycles. The highest BCUT2D eigenvalue weighted by Crippen LogP contribution is 2.54. The minimum atomic E-state index is -4.69. The van der Waals surface area contributed by atoms with E-state index in [-0.39, 0.29) is 5.91 Å². The molecule has 2 aliphatic heterocycles. The molecule has 6 rings (SSSR count). The molecule has 0 bridgehead atoms. The van der Waals surface area contributed by atoms with E-state index in [2.05, 4.69) is 10.2 Å². The van der Waals surface area contributed by atoms with Crippen LogP contribution in [0.3, 0.4) is 0 Å². The lowest BCUT2D eigenvalue weighted by Gasteiger charge is -2.31. The lowest BCUT2D eigenvalue weighted by molar-refractivity contribution is -0.137. The van der Waals surface area contributed by atoms with Crippen molar-refractivity contribution in [1.82, 2.24) is 4.57 Å². The van der Waals surface area contributed by atoms with Gasteiger partial charge in [-0.15, -0.1) is 0 Å². The summed E-state index contributed by atoms with van der Waals surface area (Å²) < 4.78 is 41.8. The molecular weight excluding hydrogens is 638 g/mol. The molecule has 0 spiro atoms. The van der Waals surface area contributed by atoms with Crippen molar-refractivity contribution < 1.29 is 27.6 Å². The Balaban J connectivity index is 1.40. The number of halogens is 3. The Labute approximate surface area is 270 Å². The van der Waals surface area contributed by atoms with Crippen LogP contribution in [0.4, 0.5) is 30.2 Å². The first-order valence-corrected chi connectivity index (χ1v) is 16.4. The predicted molar refractivity (Wildman–Crippen MR) is 173 cm³/mol. The second kappa shape index (κ2) is 12.4. The molecule has 13 heteroatoms. The molecular formula is C33H29F3N4O4S2. The Kier molecular flexibility index (Phi) is 8.55. The summed E-state index contributed by atoms with van der Waals surface area (Å²) in [6.07, 6.45) is -4.69. The van der Waals surface area contributed by atoms with Crippen molar-refractivity contribution in [3.05, 3.63) is 105 Å². The Morgan fingerprint density at radius 1 is 0.891 bits per heavy atom. The third kappa shape index (κ3) is 5.62. The van der Waals surface area contributed by atoms with Gasteiger partial charge in [-0.3, -0.25) is 23.7 Å². The number of aromatic nitrogens is 1. The Morgan fingerprint density at radius 3 is 2.20 bits per heavy atom. The summed E-state index contributed by atoms with van der Waals surface area (Å²) in [5.41, 5.74) is 0.722. The molecule has 4 aromatic rings. The number of hydrogen-bond donors (Lipinski definition) is 1. The van der Waals surface area contributed by atoms with Gasteiger partial charge < -0.3 is 10.2 Å². The van der Waals surface area contributed by atoms with E-state index in [0.29, 0.717) is 15.6 Å². The predicted octanol–water partition coefficient (Wildman–Crippen LogP) is 6.21. The molecule has 0 unspecified atom stereocenters. The van der Waals surface area contributed by atoms with E-state index in [4.69, 9.17) is 0 Å². The monoisotopic (exact) mass is 666 g/mol. The van der Waals surface area contributed by atoms with Gasteiger partial charge in [-0.25, -0.2) is 4.90 Å². The minimum absolute atomic E-state index is 0.351. The number of hydrogen-bond acceptors (Lipinski definition) is 7. The molecule has 3 heterocycles. The first kappa shape index (κ1) is 31.6. The number of thioether (sulfide) groups is 1. The number of thiazole rings is 1. The largest absolute Gasteiger partial charge is 0.418 e. The number of amides is 3. The van der Waals surface area contributed by atoms with Crippen molar-refractivity contribution in [3.63, 3.8) is 0 Å². The van der Waals surface area contributed by atoms with Crippen LogP contribution in [0, 0.1) is 5.92 Å². The highest BCUT2D eigenvalue weighted by Gasteiger charge is 2.56. The zero-order chi connectivity index (χ0) is 32.7. The quantitative estimate of drug-likeness (QED) is 0.225. The van der Waals surface area contributed by atoms with Gasteiger partial charge >= 0.3 is 11.0 Å². The Bertz CT molecular complexity index is 1850. The molecule has 1 fully saturated rings.